The van der Waals surface area contributed by atoms with Gasteiger partial charge in [-0.1, -0.05) is 44.0 Å². The first kappa shape index (κ1) is 16.5. The molecule has 0 bridgehead atoms. The van der Waals surface area contributed by atoms with Crippen LogP contribution in [-0.2, 0) is 17.5 Å². The Bertz CT molecular complexity index is 420. The summed E-state index contributed by atoms with van der Waals surface area (Å²) in [6.07, 6.45) is -3.70. The van der Waals surface area contributed by atoms with Crippen LogP contribution in [0.25, 0.3) is 0 Å². The van der Waals surface area contributed by atoms with Gasteiger partial charge in [-0.05, 0) is 24.1 Å². The number of benzene rings is 1. The van der Waals surface area contributed by atoms with Crippen LogP contribution in [0.2, 0.25) is 0 Å². The van der Waals surface area contributed by atoms with Gasteiger partial charge in [0.15, 0.2) is 0 Å². The fourth-order valence-corrected chi connectivity index (χ4v) is 2.80. The van der Waals surface area contributed by atoms with Gasteiger partial charge >= 0.3 is 6.18 Å². The van der Waals surface area contributed by atoms with Crippen molar-refractivity contribution in [2.45, 2.75) is 24.0 Å². The Hall–Kier alpha value is -0.560. The minimum Gasteiger partial charge on any atom is -0.351 e. The van der Waals surface area contributed by atoms with Crippen LogP contribution >= 0.6 is 31.9 Å². The van der Waals surface area contributed by atoms with E-state index in [0.29, 0.717) is 17.3 Å². The summed E-state index contributed by atoms with van der Waals surface area (Å²) in [5, 5.41) is 3.34. The lowest BCUT2D eigenvalue weighted by Gasteiger charge is -2.10. The van der Waals surface area contributed by atoms with Crippen molar-refractivity contribution in [2.24, 2.45) is 0 Å². The van der Waals surface area contributed by atoms with Crippen molar-refractivity contribution in [3.63, 3.8) is 0 Å². The number of rotatable bonds is 5. The van der Waals surface area contributed by atoms with Crippen molar-refractivity contribution in [1.29, 1.82) is 0 Å². The molecule has 7 heteroatoms. The summed E-state index contributed by atoms with van der Waals surface area (Å²) in [6.45, 7) is 0.210. The Morgan fingerprint density at radius 3 is 2.32 bits per heavy atom. The van der Waals surface area contributed by atoms with E-state index in [9.17, 15) is 18.0 Å². The number of hydrogen-bond donors (Lipinski definition) is 1. The van der Waals surface area contributed by atoms with E-state index in [1.165, 1.54) is 12.1 Å². The summed E-state index contributed by atoms with van der Waals surface area (Å²) < 4.78 is 37.0. The second-order valence-corrected chi connectivity index (χ2v) is 5.76. The maximum Gasteiger partial charge on any atom is 0.416 e. The van der Waals surface area contributed by atoms with Gasteiger partial charge in [-0.2, -0.15) is 13.2 Å². The van der Waals surface area contributed by atoms with E-state index >= 15 is 0 Å². The van der Waals surface area contributed by atoms with Gasteiger partial charge < -0.3 is 5.32 Å². The third-order valence-electron chi connectivity index (χ3n) is 2.40. The molecule has 0 aliphatic heterocycles. The first-order valence-electron chi connectivity index (χ1n) is 5.48. The average molecular weight is 403 g/mol. The Labute approximate surface area is 126 Å². The first-order valence-corrected chi connectivity index (χ1v) is 7.52. The first-order chi connectivity index (χ1) is 8.84. The van der Waals surface area contributed by atoms with Gasteiger partial charge in [0, 0.05) is 11.9 Å². The van der Waals surface area contributed by atoms with Gasteiger partial charge in [0.05, 0.1) is 10.4 Å². The quantitative estimate of drug-likeness (QED) is 0.744. The van der Waals surface area contributed by atoms with Crippen molar-refractivity contribution in [3.8, 4) is 0 Å². The summed E-state index contributed by atoms with van der Waals surface area (Å²) in [7, 11) is 0. The smallest absolute Gasteiger partial charge is 0.351 e. The normalized spacial score (nSPS) is 13.1. The zero-order valence-corrected chi connectivity index (χ0v) is 13.0. The number of alkyl halides is 5. The molecule has 0 saturated heterocycles. The predicted octanol–water partition coefficient (Wildman–Crippen LogP) is 3.87. The number of carbonyl (C=O) groups is 1. The summed E-state index contributed by atoms with van der Waals surface area (Å²) in [5.74, 6) is -0.181. The maximum atomic E-state index is 12.3. The van der Waals surface area contributed by atoms with Crippen molar-refractivity contribution in [3.05, 3.63) is 35.4 Å². The molecule has 0 heterocycles. The molecule has 1 rings (SSSR count). The third-order valence-corrected chi connectivity index (χ3v) is 3.73. The molecule has 1 N–H and O–H groups in total. The second-order valence-electron chi connectivity index (χ2n) is 3.86. The van der Waals surface area contributed by atoms with Crippen LogP contribution < -0.4 is 5.32 Å². The molecule has 1 atom stereocenters. The Morgan fingerprint density at radius 1 is 1.26 bits per heavy atom. The Balaban J connectivity index is 2.53. The van der Waals surface area contributed by atoms with E-state index < -0.39 is 11.7 Å². The fraction of sp³-hybridized carbons (Fsp3) is 0.417. The SMILES string of the molecule is O=C(NCc1ccc(C(F)(F)F)cc1)[C@@H](Br)CCBr. The largest absolute Gasteiger partial charge is 0.416 e. The van der Waals surface area contributed by atoms with E-state index in [1.807, 2.05) is 0 Å². The molecule has 1 amide bonds. The molecular formula is C12H12Br2F3NO. The average Bonchev–Trinajstić information content (AvgIpc) is 2.35. The highest BCUT2D eigenvalue weighted by Gasteiger charge is 2.29. The minimum absolute atomic E-state index is 0.181. The number of carbonyl (C=O) groups excluding carboxylic acids is 1. The van der Waals surface area contributed by atoms with Gasteiger partial charge in [0.25, 0.3) is 0 Å². The van der Waals surface area contributed by atoms with Crippen LogP contribution in [0.3, 0.4) is 0 Å². The molecule has 1 aromatic rings. The molecule has 19 heavy (non-hydrogen) atoms. The molecule has 0 aliphatic rings. The molecule has 2 nitrogen and oxygen atoms in total. The molecule has 0 aliphatic carbocycles. The van der Waals surface area contributed by atoms with Gasteiger partial charge in [-0.3, -0.25) is 4.79 Å². The standard InChI is InChI=1S/C12H12Br2F3NO/c13-6-5-10(14)11(19)18-7-8-1-3-9(4-2-8)12(15,16)17/h1-4,10H,5-7H2,(H,18,19)/t10-/m0/s1. The van der Waals surface area contributed by atoms with Gasteiger partial charge in [-0.25, -0.2) is 0 Å². The summed E-state index contributed by atoms with van der Waals surface area (Å²) in [4.78, 5) is 11.3. The van der Waals surface area contributed by atoms with E-state index in [1.54, 1.807) is 0 Å². The van der Waals surface area contributed by atoms with E-state index in [0.717, 1.165) is 12.1 Å². The van der Waals surface area contributed by atoms with Crippen LogP contribution in [0.5, 0.6) is 0 Å². The van der Waals surface area contributed by atoms with Crippen LogP contribution in [0, 0.1) is 0 Å². The third kappa shape index (κ3) is 5.52. The van der Waals surface area contributed by atoms with Crippen molar-refractivity contribution >= 4 is 37.8 Å². The predicted molar refractivity (Wildman–Crippen MR) is 74.4 cm³/mol. The lowest BCUT2D eigenvalue weighted by Crippen LogP contribution is -2.30. The molecule has 0 fully saturated rings. The zero-order chi connectivity index (χ0) is 14.5. The summed E-state index contributed by atoms with van der Waals surface area (Å²) in [5.41, 5.74) is -0.0693. The summed E-state index contributed by atoms with van der Waals surface area (Å²) >= 11 is 6.45. The highest BCUT2D eigenvalue weighted by atomic mass is 79.9. The molecule has 0 spiro atoms. The number of halogens is 5. The molecule has 1 aromatic carbocycles. The molecule has 106 valence electrons. The highest BCUT2D eigenvalue weighted by molar-refractivity contribution is 9.10. The molecular weight excluding hydrogens is 391 g/mol. The molecule has 0 saturated carbocycles. The van der Waals surface area contributed by atoms with E-state index in [2.05, 4.69) is 37.2 Å². The number of amides is 1. The lowest BCUT2D eigenvalue weighted by molar-refractivity contribution is -0.137. The summed E-state index contributed by atoms with van der Waals surface area (Å²) in [6, 6.07) is 4.73. The molecule has 0 aromatic heterocycles. The van der Waals surface area contributed by atoms with Gasteiger partial charge in [0.2, 0.25) is 5.91 Å². The minimum atomic E-state index is -4.33. The van der Waals surface area contributed by atoms with E-state index in [-0.39, 0.29) is 17.3 Å². The maximum absolute atomic E-state index is 12.3. The Morgan fingerprint density at radius 2 is 1.84 bits per heavy atom. The second kappa shape index (κ2) is 7.28. The topological polar surface area (TPSA) is 29.1 Å². The van der Waals surface area contributed by atoms with Gasteiger partial charge in [-0.15, -0.1) is 0 Å². The van der Waals surface area contributed by atoms with Crippen LogP contribution in [0.15, 0.2) is 24.3 Å². The molecule has 0 radical (unpaired) electrons. The number of nitrogens with one attached hydrogen (secondary N) is 1. The fourth-order valence-electron chi connectivity index (χ4n) is 1.34. The van der Waals surface area contributed by atoms with Crippen molar-refractivity contribution in [2.75, 3.05) is 5.33 Å². The molecule has 0 unspecified atom stereocenters. The zero-order valence-electron chi connectivity index (χ0n) is 9.81. The lowest BCUT2D eigenvalue weighted by atomic mass is 10.1. The van der Waals surface area contributed by atoms with Gasteiger partial charge in [0.1, 0.15) is 0 Å². The van der Waals surface area contributed by atoms with Crippen LogP contribution in [0.1, 0.15) is 17.5 Å². The monoisotopic (exact) mass is 401 g/mol. The number of hydrogen-bond acceptors (Lipinski definition) is 1. The van der Waals surface area contributed by atoms with Crippen LogP contribution in [0.4, 0.5) is 13.2 Å². The van der Waals surface area contributed by atoms with E-state index in [4.69, 9.17) is 0 Å². The van der Waals surface area contributed by atoms with Crippen molar-refractivity contribution < 1.29 is 18.0 Å². The highest BCUT2D eigenvalue weighted by Crippen LogP contribution is 2.29. The Kier molecular flexibility index (Phi) is 6.32. The van der Waals surface area contributed by atoms with Crippen molar-refractivity contribution in [1.82, 2.24) is 5.32 Å². The van der Waals surface area contributed by atoms with Crippen LogP contribution in [-0.4, -0.2) is 16.1 Å².